The van der Waals surface area contributed by atoms with Crippen LogP contribution < -0.4 is 10.1 Å². The molecular weight excluding hydrogens is 357 g/mol. The Kier molecular flexibility index (Phi) is 5.62. The number of halogens is 3. The van der Waals surface area contributed by atoms with Gasteiger partial charge >= 0.3 is 0 Å². The number of nitrogens with one attached hydrogen (secondary N) is 1. The zero-order chi connectivity index (χ0) is 15.4. The van der Waals surface area contributed by atoms with Crippen molar-refractivity contribution in [2.45, 2.75) is 26.4 Å². The monoisotopic (exact) mass is 371 g/mol. The molecule has 0 atom stereocenters. The number of para-hydroxylation sites is 1. The van der Waals surface area contributed by atoms with Gasteiger partial charge in [0.25, 0.3) is 0 Å². The molecule has 0 amide bonds. The van der Waals surface area contributed by atoms with Gasteiger partial charge in [-0.2, -0.15) is 0 Å². The third kappa shape index (κ3) is 4.43. The topological polar surface area (TPSA) is 21.3 Å². The van der Waals surface area contributed by atoms with Crippen LogP contribution in [0, 0.1) is 5.82 Å². The Morgan fingerprint density at radius 2 is 2.05 bits per heavy atom. The zero-order valence-electron chi connectivity index (χ0n) is 11.8. The Bertz CT molecular complexity index is 634. The molecule has 2 nitrogen and oxygen atoms in total. The summed E-state index contributed by atoms with van der Waals surface area (Å²) in [7, 11) is 0. The fourth-order valence-corrected chi connectivity index (χ4v) is 2.55. The summed E-state index contributed by atoms with van der Waals surface area (Å²) in [5, 5.41) is 3.85. The molecule has 5 heteroatoms. The van der Waals surface area contributed by atoms with Gasteiger partial charge in [-0.25, -0.2) is 4.39 Å². The summed E-state index contributed by atoms with van der Waals surface area (Å²) in [5.41, 5.74) is 0.769. The fourth-order valence-electron chi connectivity index (χ4n) is 1.79. The third-order valence-corrected chi connectivity index (χ3v) is 3.71. The van der Waals surface area contributed by atoms with Crippen LogP contribution in [0.1, 0.15) is 19.4 Å². The van der Waals surface area contributed by atoms with Crippen molar-refractivity contribution >= 4 is 27.5 Å². The number of hydrogen-bond donors (Lipinski definition) is 1. The molecule has 2 aromatic rings. The average molecular weight is 373 g/mol. The molecule has 2 rings (SSSR count). The Balaban J connectivity index is 2.29. The molecular formula is C16H16BrClFNO. The van der Waals surface area contributed by atoms with Crippen molar-refractivity contribution in [2.75, 3.05) is 0 Å². The predicted molar refractivity (Wildman–Crippen MR) is 87.6 cm³/mol. The van der Waals surface area contributed by atoms with Crippen LogP contribution in [0.2, 0.25) is 5.02 Å². The summed E-state index contributed by atoms with van der Waals surface area (Å²) >= 11 is 9.27. The van der Waals surface area contributed by atoms with Gasteiger partial charge in [0.05, 0.1) is 4.47 Å². The number of ether oxygens (including phenoxy) is 1. The van der Waals surface area contributed by atoms with Crippen LogP contribution in [-0.2, 0) is 6.54 Å². The quantitative estimate of drug-likeness (QED) is 0.745. The Labute approximate surface area is 137 Å². The van der Waals surface area contributed by atoms with E-state index in [9.17, 15) is 4.39 Å². The SMILES string of the molecule is CC(C)NCc1cccc(F)c1Oc1ccc(Cl)cc1Br. The minimum atomic E-state index is -0.389. The van der Waals surface area contributed by atoms with Gasteiger partial charge in [-0.3, -0.25) is 0 Å². The lowest BCUT2D eigenvalue weighted by Gasteiger charge is -2.15. The van der Waals surface area contributed by atoms with E-state index in [0.717, 1.165) is 5.56 Å². The first-order valence-electron chi connectivity index (χ1n) is 6.61. The molecule has 2 aromatic carbocycles. The minimum absolute atomic E-state index is 0.230. The van der Waals surface area contributed by atoms with Gasteiger partial charge in [0.15, 0.2) is 11.6 Å². The standard InChI is InChI=1S/C16H16BrClFNO/c1-10(2)20-9-11-4-3-5-14(19)16(11)21-15-7-6-12(18)8-13(15)17/h3-8,10,20H,9H2,1-2H3. The van der Waals surface area contributed by atoms with E-state index in [1.54, 1.807) is 24.3 Å². The van der Waals surface area contributed by atoms with Crippen LogP contribution in [0.15, 0.2) is 40.9 Å². The van der Waals surface area contributed by atoms with E-state index in [1.807, 2.05) is 19.9 Å². The molecule has 0 aliphatic heterocycles. The molecule has 0 saturated carbocycles. The highest BCUT2D eigenvalue weighted by atomic mass is 79.9. The maximum absolute atomic E-state index is 14.1. The molecule has 21 heavy (non-hydrogen) atoms. The summed E-state index contributed by atoms with van der Waals surface area (Å²) in [6.07, 6.45) is 0. The van der Waals surface area contributed by atoms with E-state index in [1.165, 1.54) is 6.07 Å². The van der Waals surface area contributed by atoms with Crippen LogP contribution in [0.25, 0.3) is 0 Å². The van der Waals surface area contributed by atoms with E-state index in [-0.39, 0.29) is 11.6 Å². The van der Waals surface area contributed by atoms with Crippen molar-refractivity contribution in [1.82, 2.24) is 5.32 Å². The zero-order valence-corrected chi connectivity index (χ0v) is 14.1. The molecule has 0 spiro atoms. The first kappa shape index (κ1) is 16.3. The smallest absolute Gasteiger partial charge is 0.167 e. The van der Waals surface area contributed by atoms with Crippen LogP contribution in [-0.4, -0.2) is 6.04 Å². The summed E-state index contributed by atoms with van der Waals surface area (Å²) in [4.78, 5) is 0. The molecule has 112 valence electrons. The summed E-state index contributed by atoms with van der Waals surface area (Å²) in [6, 6.07) is 10.3. The molecule has 0 fully saturated rings. The van der Waals surface area contributed by atoms with Crippen molar-refractivity contribution in [1.29, 1.82) is 0 Å². The second kappa shape index (κ2) is 7.25. The lowest BCUT2D eigenvalue weighted by atomic mass is 10.2. The highest BCUT2D eigenvalue weighted by molar-refractivity contribution is 9.10. The molecule has 0 heterocycles. The number of benzene rings is 2. The van der Waals surface area contributed by atoms with E-state index >= 15 is 0 Å². The van der Waals surface area contributed by atoms with Gasteiger partial charge in [0.1, 0.15) is 5.75 Å². The third-order valence-electron chi connectivity index (χ3n) is 2.86. The lowest BCUT2D eigenvalue weighted by Crippen LogP contribution is -2.22. The Morgan fingerprint density at radius 1 is 1.29 bits per heavy atom. The van der Waals surface area contributed by atoms with Crippen molar-refractivity contribution < 1.29 is 9.13 Å². The van der Waals surface area contributed by atoms with Crippen molar-refractivity contribution in [3.8, 4) is 11.5 Å². The summed E-state index contributed by atoms with van der Waals surface area (Å²) in [5.74, 6) is 0.365. The molecule has 0 aliphatic carbocycles. The second-order valence-electron chi connectivity index (χ2n) is 4.94. The van der Waals surface area contributed by atoms with E-state index in [4.69, 9.17) is 16.3 Å². The van der Waals surface area contributed by atoms with Gasteiger partial charge in [0, 0.05) is 23.2 Å². The molecule has 0 aromatic heterocycles. The van der Waals surface area contributed by atoms with E-state index in [0.29, 0.717) is 27.8 Å². The molecule has 0 aliphatic rings. The highest BCUT2D eigenvalue weighted by Gasteiger charge is 2.13. The predicted octanol–water partition coefficient (Wildman–Crippen LogP) is 5.53. The Hall–Kier alpha value is -1.10. The molecule has 0 saturated heterocycles. The molecule has 1 N–H and O–H groups in total. The van der Waals surface area contributed by atoms with Gasteiger partial charge in [-0.15, -0.1) is 0 Å². The lowest BCUT2D eigenvalue weighted by molar-refractivity contribution is 0.429. The van der Waals surface area contributed by atoms with Gasteiger partial charge < -0.3 is 10.1 Å². The van der Waals surface area contributed by atoms with Crippen LogP contribution >= 0.6 is 27.5 Å². The van der Waals surface area contributed by atoms with Crippen molar-refractivity contribution in [3.05, 3.63) is 57.3 Å². The normalized spacial score (nSPS) is 11.0. The van der Waals surface area contributed by atoms with Gasteiger partial charge in [0.2, 0.25) is 0 Å². The molecule has 0 radical (unpaired) electrons. The maximum Gasteiger partial charge on any atom is 0.167 e. The van der Waals surface area contributed by atoms with E-state index in [2.05, 4.69) is 21.2 Å². The largest absolute Gasteiger partial charge is 0.453 e. The van der Waals surface area contributed by atoms with Crippen molar-refractivity contribution in [3.63, 3.8) is 0 Å². The number of rotatable bonds is 5. The van der Waals surface area contributed by atoms with Crippen LogP contribution in [0.5, 0.6) is 11.5 Å². The average Bonchev–Trinajstić information content (AvgIpc) is 2.42. The minimum Gasteiger partial charge on any atom is -0.453 e. The van der Waals surface area contributed by atoms with Gasteiger partial charge in [-0.05, 0) is 40.2 Å². The van der Waals surface area contributed by atoms with Crippen LogP contribution in [0.4, 0.5) is 4.39 Å². The highest BCUT2D eigenvalue weighted by Crippen LogP contribution is 2.34. The second-order valence-corrected chi connectivity index (χ2v) is 6.23. The maximum atomic E-state index is 14.1. The molecule has 0 unspecified atom stereocenters. The van der Waals surface area contributed by atoms with Crippen molar-refractivity contribution in [2.24, 2.45) is 0 Å². The fraction of sp³-hybridized carbons (Fsp3) is 0.250. The first-order chi connectivity index (χ1) is 9.97. The molecule has 0 bridgehead atoms. The first-order valence-corrected chi connectivity index (χ1v) is 7.78. The number of hydrogen-bond acceptors (Lipinski definition) is 2. The summed E-state index contributed by atoms with van der Waals surface area (Å²) in [6.45, 7) is 4.61. The Morgan fingerprint density at radius 3 is 2.71 bits per heavy atom. The summed E-state index contributed by atoms with van der Waals surface area (Å²) < 4.78 is 20.5. The van der Waals surface area contributed by atoms with Crippen LogP contribution in [0.3, 0.4) is 0 Å². The van der Waals surface area contributed by atoms with Gasteiger partial charge in [-0.1, -0.05) is 37.6 Å². The van der Waals surface area contributed by atoms with E-state index < -0.39 is 0 Å².